The Hall–Kier alpha value is -2.69. The Balaban J connectivity index is 2.00. The van der Waals surface area contributed by atoms with Gasteiger partial charge < -0.3 is 4.74 Å². The number of rotatable bonds is 3. The first-order valence-corrected chi connectivity index (χ1v) is 6.77. The molecule has 5 nitrogen and oxygen atoms in total. The Bertz CT molecular complexity index is 791. The molecule has 2 aromatic heterocycles. The zero-order valence-corrected chi connectivity index (χ0v) is 11.9. The molecule has 106 valence electrons. The third kappa shape index (κ3) is 2.63. The number of esters is 1. The standard InChI is InChI=1S/C16H15N3O2/c1-3-21-16(20)14-8-15-17-9-13(10-19(15)18-14)12-6-4-11(2)5-7-12/h4-10H,3H2,1-2H3. The van der Waals surface area contributed by atoms with Gasteiger partial charge in [0.1, 0.15) is 0 Å². The highest BCUT2D eigenvalue weighted by atomic mass is 16.5. The van der Waals surface area contributed by atoms with Gasteiger partial charge in [-0.05, 0) is 19.4 Å². The van der Waals surface area contributed by atoms with Crippen molar-refractivity contribution < 1.29 is 9.53 Å². The van der Waals surface area contributed by atoms with Crippen LogP contribution < -0.4 is 0 Å². The van der Waals surface area contributed by atoms with Gasteiger partial charge in [0, 0.05) is 24.0 Å². The van der Waals surface area contributed by atoms with Crippen molar-refractivity contribution in [1.29, 1.82) is 0 Å². The van der Waals surface area contributed by atoms with Gasteiger partial charge in [0.05, 0.1) is 6.61 Å². The molecule has 0 amide bonds. The number of hydrogen-bond acceptors (Lipinski definition) is 4. The summed E-state index contributed by atoms with van der Waals surface area (Å²) >= 11 is 0. The minimum atomic E-state index is -0.431. The van der Waals surface area contributed by atoms with Crippen LogP contribution in [-0.4, -0.2) is 27.2 Å². The van der Waals surface area contributed by atoms with E-state index in [2.05, 4.69) is 10.1 Å². The molecule has 0 aliphatic carbocycles. The van der Waals surface area contributed by atoms with E-state index in [-0.39, 0.29) is 5.69 Å². The molecule has 5 heteroatoms. The Labute approximate surface area is 122 Å². The minimum absolute atomic E-state index is 0.269. The molecule has 0 bridgehead atoms. The molecule has 0 aliphatic rings. The molecule has 3 aromatic rings. The van der Waals surface area contributed by atoms with E-state index in [9.17, 15) is 4.79 Å². The molecule has 0 radical (unpaired) electrons. The summed E-state index contributed by atoms with van der Waals surface area (Å²) in [5, 5.41) is 4.21. The van der Waals surface area contributed by atoms with Crippen LogP contribution in [-0.2, 0) is 4.74 Å². The van der Waals surface area contributed by atoms with Crippen molar-refractivity contribution in [2.24, 2.45) is 0 Å². The summed E-state index contributed by atoms with van der Waals surface area (Å²) in [6, 6.07) is 9.79. The molecular formula is C16H15N3O2. The third-order valence-electron chi connectivity index (χ3n) is 3.18. The first-order valence-electron chi connectivity index (χ1n) is 6.77. The second-order valence-electron chi connectivity index (χ2n) is 4.76. The summed E-state index contributed by atoms with van der Waals surface area (Å²) in [5.41, 5.74) is 4.10. The molecule has 0 spiro atoms. The van der Waals surface area contributed by atoms with Gasteiger partial charge >= 0.3 is 5.97 Å². The molecule has 0 atom stereocenters. The normalized spacial score (nSPS) is 10.8. The van der Waals surface area contributed by atoms with Gasteiger partial charge in [0.15, 0.2) is 11.3 Å². The summed E-state index contributed by atoms with van der Waals surface area (Å²) in [6.45, 7) is 4.14. The number of fused-ring (bicyclic) bond motifs is 1. The number of ether oxygens (including phenoxy) is 1. The summed E-state index contributed by atoms with van der Waals surface area (Å²) in [6.07, 6.45) is 3.63. The lowest BCUT2D eigenvalue weighted by Crippen LogP contribution is -2.05. The summed E-state index contributed by atoms with van der Waals surface area (Å²) in [7, 11) is 0. The number of nitrogens with zero attached hydrogens (tertiary/aromatic N) is 3. The van der Waals surface area contributed by atoms with Crippen molar-refractivity contribution in [2.45, 2.75) is 13.8 Å². The lowest BCUT2D eigenvalue weighted by molar-refractivity contribution is 0.0519. The van der Waals surface area contributed by atoms with Gasteiger partial charge in [-0.15, -0.1) is 0 Å². The summed E-state index contributed by atoms with van der Waals surface area (Å²) < 4.78 is 6.54. The Morgan fingerprint density at radius 1 is 1.24 bits per heavy atom. The van der Waals surface area contributed by atoms with Crippen molar-refractivity contribution in [2.75, 3.05) is 6.61 Å². The second kappa shape index (κ2) is 5.36. The lowest BCUT2D eigenvalue weighted by Gasteiger charge is -2.02. The molecule has 0 unspecified atom stereocenters. The van der Waals surface area contributed by atoms with Crippen LogP contribution in [0, 0.1) is 6.92 Å². The minimum Gasteiger partial charge on any atom is -0.461 e. The van der Waals surface area contributed by atoms with Gasteiger partial charge in [-0.2, -0.15) is 5.10 Å². The van der Waals surface area contributed by atoms with Gasteiger partial charge in [-0.3, -0.25) is 0 Å². The number of hydrogen-bond donors (Lipinski definition) is 0. The van der Waals surface area contributed by atoms with E-state index in [0.29, 0.717) is 12.3 Å². The Kier molecular flexibility index (Phi) is 3.39. The Morgan fingerprint density at radius 3 is 2.71 bits per heavy atom. The van der Waals surface area contributed by atoms with E-state index >= 15 is 0 Å². The molecule has 0 saturated heterocycles. The molecule has 1 aromatic carbocycles. The molecule has 21 heavy (non-hydrogen) atoms. The predicted octanol–water partition coefficient (Wildman–Crippen LogP) is 2.88. The van der Waals surface area contributed by atoms with Crippen molar-refractivity contribution in [1.82, 2.24) is 14.6 Å². The van der Waals surface area contributed by atoms with E-state index < -0.39 is 5.97 Å². The highest BCUT2D eigenvalue weighted by Crippen LogP contribution is 2.19. The fraction of sp³-hybridized carbons (Fsp3) is 0.188. The van der Waals surface area contributed by atoms with Gasteiger partial charge in [-0.25, -0.2) is 14.3 Å². The Morgan fingerprint density at radius 2 is 2.00 bits per heavy atom. The van der Waals surface area contributed by atoms with E-state index in [1.807, 2.05) is 37.4 Å². The molecule has 0 N–H and O–H groups in total. The predicted molar refractivity (Wildman–Crippen MR) is 79.1 cm³/mol. The van der Waals surface area contributed by atoms with Crippen LogP contribution >= 0.6 is 0 Å². The first-order chi connectivity index (χ1) is 10.2. The van der Waals surface area contributed by atoms with Gasteiger partial charge in [0.25, 0.3) is 0 Å². The zero-order valence-electron chi connectivity index (χ0n) is 11.9. The van der Waals surface area contributed by atoms with Crippen molar-refractivity contribution >= 4 is 11.6 Å². The van der Waals surface area contributed by atoms with E-state index in [0.717, 1.165) is 11.1 Å². The number of aromatic nitrogens is 3. The van der Waals surface area contributed by atoms with Crippen LogP contribution in [0.15, 0.2) is 42.7 Å². The molecule has 0 aliphatic heterocycles. The maximum absolute atomic E-state index is 11.7. The summed E-state index contributed by atoms with van der Waals surface area (Å²) in [5.74, 6) is -0.431. The fourth-order valence-corrected chi connectivity index (χ4v) is 2.08. The van der Waals surface area contributed by atoms with Crippen LogP contribution in [0.2, 0.25) is 0 Å². The van der Waals surface area contributed by atoms with Crippen LogP contribution in [0.25, 0.3) is 16.8 Å². The largest absolute Gasteiger partial charge is 0.461 e. The van der Waals surface area contributed by atoms with Gasteiger partial charge in [-0.1, -0.05) is 29.8 Å². The number of benzene rings is 1. The fourth-order valence-electron chi connectivity index (χ4n) is 2.08. The number of carbonyl (C=O) groups is 1. The van der Waals surface area contributed by atoms with E-state index in [1.165, 1.54) is 5.56 Å². The van der Waals surface area contributed by atoms with Crippen molar-refractivity contribution in [3.63, 3.8) is 0 Å². The van der Waals surface area contributed by atoms with Crippen molar-refractivity contribution in [3.8, 4) is 11.1 Å². The second-order valence-corrected chi connectivity index (χ2v) is 4.76. The number of carbonyl (C=O) groups excluding carboxylic acids is 1. The maximum atomic E-state index is 11.7. The smallest absolute Gasteiger partial charge is 0.358 e. The first kappa shape index (κ1) is 13.3. The monoisotopic (exact) mass is 281 g/mol. The molecule has 3 rings (SSSR count). The van der Waals surface area contributed by atoms with Crippen LogP contribution in [0.3, 0.4) is 0 Å². The molecule has 2 heterocycles. The molecule has 0 saturated carbocycles. The quantitative estimate of drug-likeness (QED) is 0.693. The highest BCUT2D eigenvalue weighted by molar-refractivity contribution is 5.88. The van der Waals surface area contributed by atoms with Crippen LogP contribution in [0.5, 0.6) is 0 Å². The lowest BCUT2D eigenvalue weighted by atomic mass is 10.1. The topological polar surface area (TPSA) is 56.5 Å². The van der Waals surface area contributed by atoms with Gasteiger partial charge in [0.2, 0.25) is 0 Å². The molecule has 0 fully saturated rings. The van der Waals surface area contributed by atoms with Crippen molar-refractivity contribution in [3.05, 3.63) is 54.0 Å². The van der Waals surface area contributed by atoms with E-state index in [1.54, 1.807) is 23.7 Å². The zero-order chi connectivity index (χ0) is 14.8. The maximum Gasteiger partial charge on any atom is 0.358 e. The highest BCUT2D eigenvalue weighted by Gasteiger charge is 2.12. The average Bonchev–Trinajstić information content (AvgIpc) is 2.91. The number of aryl methyl sites for hydroxylation is 1. The average molecular weight is 281 g/mol. The van der Waals surface area contributed by atoms with Crippen LogP contribution in [0.4, 0.5) is 0 Å². The van der Waals surface area contributed by atoms with Crippen LogP contribution in [0.1, 0.15) is 23.0 Å². The SMILES string of the molecule is CCOC(=O)c1cc2ncc(-c3ccc(C)cc3)cn2n1. The third-order valence-corrected chi connectivity index (χ3v) is 3.18. The van der Waals surface area contributed by atoms with E-state index in [4.69, 9.17) is 4.74 Å². The summed E-state index contributed by atoms with van der Waals surface area (Å²) in [4.78, 5) is 16.0. The molecular weight excluding hydrogens is 266 g/mol.